The first-order valence-corrected chi connectivity index (χ1v) is 11.0. The summed E-state index contributed by atoms with van der Waals surface area (Å²) >= 11 is 6.49. The van der Waals surface area contributed by atoms with E-state index in [-0.39, 0.29) is 0 Å². The normalized spacial score (nSPS) is 32.4. The van der Waals surface area contributed by atoms with E-state index in [1.807, 2.05) is 12.1 Å². The van der Waals surface area contributed by atoms with Crippen LogP contribution >= 0.6 is 11.6 Å². The molecule has 3 aliphatic rings. The molecule has 0 amide bonds. The summed E-state index contributed by atoms with van der Waals surface area (Å²) in [4.78, 5) is 5.56. The number of unbranched alkanes of at least 4 members (excludes halogenated alkanes) is 1. The van der Waals surface area contributed by atoms with Gasteiger partial charge >= 0.3 is 0 Å². The van der Waals surface area contributed by atoms with E-state index in [1.54, 1.807) is 0 Å². The monoisotopic (exact) mass is 376 g/mol. The van der Waals surface area contributed by atoms with Crippen molar-refractivity contribution in [2.45, 2.75) is 63.6 Å². The fraction of sp³-hybridized carbons (Fsp3) is 0.727. The lowest BCUT2D eigenvalue weighted by atomic mass is 9.69. The topological polar surface area (TPSA) is 26.7 Å². The van der Waals surface area contributed by atoms with Crippen molar-refractivity contribution in [2.75, 3.05) is 26.2 Å². The van der Waals surface area contributed by atoms with Crippen molar-refractivity contribution in [1.29, 1.82) is 0 Å². The number of nitrogens with zero attached hydrogens (tertiary/aromatic N) is 2. The van der Waals surface area contributed by atoms with Gasteiger partial charge in [-0.25, -0.2) is 0 Å². The van der Waals surface area contributed by atoms with E-state index in [4.69, 9.17) is 11.6 Å². The maximum Gasteiger partial charge on any atom is 0.0451 e. The highest BCUT2D eigenvalue weighted by atomic mass is 35.5. The molecule has 1 N–H and O–H groups in total. The number of halogens is 1. The maximum atomic E-state index is 9.26. The third-order valence-corrected chi connectivity index (χ3v) is 7.39. The highest BCUT2D eigenvalue weighted by Crippen LogP contribution is 2.43. The van der Waals surface area contributed by atoms with Crippen molar-refractivity contribution in [2.24, 2.45) is 11.8 Å². The van der Waals surface area contributed by atoms with Crippen LogP contribution in [0.5, 0.6) is 0 Å². The first kappa shape index (κ1) is 18.7. The summed E-state index contributed by atoms with van der Waals surface area (Å²) in [5.74, 6) is 1.62. The second-order valence-electron chi connectivity index (χ2n) is 8.54. The zero-order valence-electron chi connectivity index (χ0n) is 15.8. The van der Waals surface area contributed by atoms with Crippen LogP contribution in [-0.4, -0.2) is 53.2 Å². The summed E-state index contributed by atoms with van der Waals surface area (Å²) in [6.07, 6.45) is 8.76. The summed E-state index contributed by atoms with van der Waals surface area (Å²) in [7, 11) is 0. The van der Waals surface area contributed by atoms with Crippen LogP contribution < -0.4 is 0 Å². The lowest BCUT2D eigenvalue weighted by molar-refractivity contribution is -0.0812. The van der Waals surface area contributed by atoms with Crippen molar-refractivity contribution < 1.29 is 5.11 Å². The van der Waals surface area contributed by atoms with Gasteiger partial charge in [0.15, 0.2) is 0 Å². The molecule has 0 radical (unpaired) electrons. The Labute approximate surface area is 163 Å². The number of piperidine rings is 3. The van der Waals surface area contributed by atoms with Crippen molar-refractivity contribution >= 4 is 11.6 Å². The van der Waals surface area contributed by atoms with Gasteiger partial charge in [-0.2, -0.15) is 0 Å². The maximum absolute atomic E-state index is 9.26. The Morgan fingerprint density at radius 3 is 2.69 bits per heavy atom. The highest BCUT2D eigenvalue weighted by Gasteiger charge is 2.48. The molecule has 0 saturated carbocycles. The van der Waals surface area contributed by atoms with Gasteiger partial charge in [0.25, 0.3) is 0 Å². The zero-order valence-corrected chi connectivity index (χ0v) is 16.6. The molecule has 1 aromatic rings. The molecule has 0 aromatic heterocycles. The molecule has 3 fully saturated rings. The van der Waals surface area contributed by atoms with E-state index in [9.17, 15) is 5.11 Å². The van der Waals surface area contributed by atoms with Crippen LogP contribution in [-0.2, 0) is 6.54 Å². The Balaban J connectivity index is 1.56. The van der Waals surface area contributed by atoms with E-state index < -0.39 is 0 Å². The van der Waals surface area contributed by atoms with Gasteiger partial charge in [-0.15, -0.1) is 0 Å². The van der Waals surface area contributed by atoms with Gasteiger partial charge in [-0.1, -0.05) is 29.8 Å². The van der Waals surface area contributed by atoms with E-state index >= 15 is 0 Å². The average molecular weight is 377 g/mol. The summed E-state index contributed by atoms with van der Waals surface area (Å²) in [6, 6.07) is 9.79. The molecular formula is C22H33ClN2O. The Bertz CT molecular complexity index is 593. The third-order valence-electron chi connectivity index (χ3n) is 7.02. The fourth-order valence-electron chi connectivity index (χ4n) is 5.97. The standard InChI is InChI=1S/C22H33ClN2O/c23-20-10-2-1-7-17(20)15-25-16-18-8-5-12-24-13-6-9-19(22(18)24)21(25)11-3-4-14-26/h1-2,7,10,18-19,21-22,26H,3-6,8-9,11-16H2/t18-,19-,21-,22+/m1/s1. The summed E-state index contributed by atoms with van der Waals surface area (Å²) in [6.45, 7) is 5.13. The molecule has 1 aromatic carbocycles. The minimum atomic E-state index is 0.320. The predicted octanol–water partition coefficient (Wildman–Crippen LogP) is 4.18. The largest absolute Gasteiger partial charge is 0.396 e. The van der Waals surface area contributed by atoms with Gasteiger partial charge in [0.05, 0.1) is 0 Å². The van der Waals surface area contributed by atoms with Crippen LogP contribution in [0.3, 0.4) is 0 Å². The second-order valence-corrected chi connectivity index (χ2v) is 8.95. The van der Waals surface area contributed by atoms with Crippen molar-refractivity contribution in [1.82, 2.24) is 9.80 Å². The molecule has 4 atom stereocenters. The molecule has 4 rings (SSSR count). The molecule has 3 nitrogen and oxygen atoms in total. The van der Waals surface area contributed by atoms with Crippen LogP contribution in [0.2, 0.25) is 5.02 Å². The zero-order chi connectivity index (χ0) is 17.9. The third kappa shape index (κ3) is 3.82. The number of hydrogen-bond donors (Lipinski definition) is 1. The molecule has 3 heterocycles. The van der Waals surface area contributed by atoms with E-state index in [0.717, 1.165) is 42.3 Å². The highest BCUT2D eigenvalue weighted by molar-refractivity contribution is 6.31. The molecule has 3 saturated heterocycles. The lowest BCUT2D eigenvalue weighted by Crippen LogP contribution is -2.64. The summed E-state index contributed by atoms with van der Waals surface area (Å²) in [5, 5.41) is 10.2. The molecule has 144 valence electrons. The SMILES string of the molecule is OCCCC[C@@H]1[C@H]2CCCN3CCC[C@H](CN1Cc1ccccc1Cl)[C@@H]23. The summed E-state index contributed by atoms with van der Waals surface area (Å²) < 4.78 is 0. The lowest BCUT2D eigenvalue weighted by Gasteiger charge is -2.57. The molecule has 3 aliphatic heterocycles. The molecule has 26 heavy (non-hydrogen) atoms. The Morgan fingerprint density at radius 1 is 1.08 bits per heavy atom. The van der Waals surface area contributed by atoms with Crippen LogP contribution in [0.1, 0.15) is 50.5 Å². The van der Waals surface area contributed by atoms with Crippen LogP contribution in [0.25, 0.3) is 0 Å². The van der Waals surface area contributed by atoms with E-state index in [0.29, 0.717) is 12.6 Å². The summed E-state index contributed by atoms with van der Waals surface area (Å²) in [5.41, 5.74) is 1.27. The van der Waals surface area contributed by atoms with E-state index in [1.165, 1.54) is 57.3 Å². The van der Waals surface area contributed by atoms with Gasteiger partial charge in [-0.3, -0.25) is 9.80 Å². The average Bonchev–Trinajstić information content (AvgIpc) is 2.66. The first-order valence-electron chi connectivity index (χ1n) is 10.6. The number of aliphatic hydroxyl groups is 1. The number of benzene rings is 1. The Hall–Kier alpha value is -0.610. The fourth-order valence-corrected chi connectivity index (χ4v) is 6.17. The van der Waals surface area contributed by atoms with Gasteiger partial charge in [-0.05, 0) is 81.5 Å². The molecule has 0 unspecified atom stereocenters. The Kier molecular flexibility index (Phi) is 6.20. The van der Waals surface area contributed by atoms with Gasteiger partial charge in [0.2, 0.25) is 0 Å². The number of hydrogen-bond acceptors (Lipinski definition) is 3. The van der Waals surface area contributed by atoms with Crippen molar-refractivity contribution in [3.8, 4) is 0 Å². The minimum Gasteiger partial charge on any atom is -0.396 e. The molecule has 0 bridgehead atoms. The first-order chi connectivity index (χ1) is 12.8. The van der Waals surface area contributed by atoms with Gasteiger partial charge < -0.3 is 5.11 Å². The van der Waals surface area contributed by atoms with Gasteiger partial charge in [0.1, 0.15) is 0 Å². The van der Waals surface area contributed by atoms with E-state index in [2.05, 4.69) is 21.9 Å². The number of likely N-dealkylation sites (tertiary alicyclic amines) is 1. The quantitative estimate of drug-likeness (QED) is 0.754. The van der Waals surface area contributed by atoms with Crippen LogP contribution in [0, 0.1) is 11.8 Å². The minimum absolute atomic E-state index is 0.320. The number of aliphatic hydroxyl groups excluding tert-OH is 1. The van der Waals surface area contributed by atoms with Crippen LogP contribution in [0.15, 0.2) is 24.3 Å². The van der Waals surface area contributed by atoms with Gasteiger partial charge in [0, 0.05) is 36.8 Å². The second kappa shape index (κ2) is 8.60. The molecule has 0 aliphatic carbocycles. The smallest absolute Gasteiger partial charge is 0.0451 e. The van der Waals surface area contributed by atoms with Crippen LogP contribution in [0.4, 0.5) is 0 Å². The molecule has 0 spiro atoms. The van der Waals surface area contributed by atoms with Crippen molar-refractivity contribution in [3.63, 3.8) is 0 Å². The van der Waals surface area contributed by atoms with Crippen molar-refractivity contribution in [3.05, 3.63) is 34.9 Å². The number of rotatable bonds is 6. The molecule has 4 heteroatoms. The molecular weight excluding hydrogens is 344 g/mol. The Morgan fingerprint density at radius 2 is 1.88 bits per heavy atom. The predicted molar refractivity (Wildman–Crippen MR) is 107 cm³/mol.